The molecule has 1 aliphatic carbocycles. The van der Waals surface area contributed by atoms with Gasteiger partial charge in [-0.2, -0.15) is 0 Å². The Kier molecular flexibility index (Phi) is 5.36. The predicted octanol–water partition coefficient (Wildman–Crippen LogP) is 3.62. The number of carboxylic acids is 1. The van der Waals surface area contributed by atoms with Gasteiger partial charge in [0.2, 0.25) is 5.43 Å². The molecule has 2 fully saturated rings. The van der Waals surface area contributed by atoms with Crippen LogP contribution in [-0.4, -0.2) is 35.3 Å². The molecular weight excluding hydrogens is 397 g/mol. The third kappa shape index (κ3) is 3.76. The molecule has 0 spiro atoms. The van der Waals surface area contributed by atoms with E-state index in [-0.39, 0.29) is 17.0 Å². The van der Waals surface area contributed by atoms with E-state index in [1.165, 1.54) is 12.3 Å². The van der Waals surface area contributed by atoms with Crippen molar-refractivity contribution >= 4 is 34.2 Å². The zero-order chi connectivity index (χ0) is 20.7. The molecule has 0 unspecified atom stereocenters. The number of carboxylic acid groups (broad SMARTS) is 1. The van der Waals surface area contributed by atoms with Gasteiger partial charge in [0.15, 0.2) is 0 Å². The molecule has 154 valence electrons. The van der Waals surface area contributed by atoms with Crippen molar-refractivity contribution in [1.82, 2.24) is 4.57 Å². The summed E-state index contributed by atoms with van der Waals surface area (Å²) in [4.78, 5) is 26.0. The number of nitrogens with two attached hydrogens (primary N) is 1. The molecule has 3 N–H and O–H groups in total. The molecule has 1 aliphatic heterocycles. The molecule has 1 saturated carbocycles. The lowest BCUT2D eigenvalue weighted by Gasteiger charge is -2.24. The topological polar surface area (TPSA) is 88.6 Å². The van der Waals surface area contributed by atoms with Crippen molar-refractivity contribution in [3.05, 3.63) is 50.5 Å². The van der Waals surface area contributed by atoms with Crippen LogP contribution < -0.4 is 16.1 Å². The molecule has 4 rings (SSSR count). The number of hydrogen-bond donors (Lipinski definition) is 2. The first-order valence-corrected chi connectivity index (χ1v) is 10.2. The van der Waals surface area contributed by atoms with Crippen LogP contribution in [0.25, 0.3) is 10.9 Å². The fourth-order valence-corrected chi connectivity index (χ4v) is 4.24. The molecule has 0 radical (unpaired) electrons. The van der Waals surface area contributed by atoms with Gasteiger partial charge in [-0.05, 0) is 44.2 Å². The van der Waals surface area contributed by atoms with Crippen molar-refractivity contribution in [2.75, 3.05) is 24.5 Å². The van der Waals surface area contributed by atoms with Crippen molar-refractivity contribution in [2.24, 2.45) is 5.73 Å². The van der Waals surface area contributed by atoms with E-state index in [1.54, 1.807) is 6.07 Å². The lowest BCUT2D eigenvalue weighted by molar-refractivity contribution is 0.0695. The second kappa shape index (κ2) is 7.80. The lowest BCUT2D eigenvalue weighted by Crippen LogP contribution is -2.26. The smallest absolute Gasteiger partial charge is 0.341 e. The van der Waals surface area contributed by atoms with Crippen LogP contribution >= 0.6 is 11.6 Å². The third-order valence-electron chi connectivity index (χ3n) is 5.77. The number of rotatable bonds is 4. The van der Waals surface area contributed by atoms with Crippen molar-refractivity contribution in [3.63, 3.8) is 0 Å². The summed E-state index contributed by atoms with van der Waals surface area (Å²) >= 11 is 6.22. The summed E-state index contributed by atoms with van der Waals surface area (Å²) in [7, 11) is 0. The molecular formula is C21H23ClFN3O3. The first-order valence-electron chi connectivity index (χ1n) is 9.83. The number of pyridine rings is 1. The minimum absolute atomic E-state index is 0.111. The van der Waals surface area contributed by atoms with Gasteiger partial charge in [-0.15, -0.1) is 0 Å². The maximum atomic E-state index is 15.0. The van der Waals surface area contributed by atoms with Gasteiger partial charge in [-0.25, -0.2) is 9.18 Å². The summed E-state index contributed by atoms with van der Waals surface area (Å²) in [6.07, 6.45) is 5.60. The van der Waals surface area contributed by atoms with E-state index < -0.39 is 17.2 Å². The Morgan fingerprint density at radius 2 is 2.03 bits per heavy atom. The van der Waals surface area contributed by atoms with Gasteiger partial charge in [0.05, 0.1) is 11.2 Å². The zero-order valence-electron chi connectivity index (χ0n) is 16.0. The number of nitrogens with zero attached hydrogens (tertiary/aromatic N) is 2. The van der Waals surface area contributed by atoms with Crippen molar-refractivity contribution < 1.29 is 14.3 Å². The van der Waals surface area contributed by atoms with Crippen molar-refractivity contribution in [2.45, 2.75) is 38.1 Å². The van der Waals surface area contributed by atoms with Gasteiger partial charge in [0.25, 0.3) is 0 Å². The number of aromatic carboxylic acids is 1. The molecule has 1 aromatic heterocycles. The number of aromatic nitrogens is 1. The summed E-state index contributed by atoms with van der Waals surface area (Å²) in [5.41, 5.74) is 6.80. The molecule has 1 aromatic carbocycles. The van der Waals surface area contributed by atoms with Gasteiger partial charge in [0.1, 0.15) is 11.4 Å². The fraction of sp³-hybridized carbons (Fsp3) is 0.429. The van der Waals surface area contributed by atoms with Gasteiger partial charge in [0, 0.05) is 42.3 Å². The van der Waals surface area contributed by atoms with Crippen LogP contribution in [0.4, 0.5) is 10.1 Å². The molecule has 29 heavy (non-hydrogen) atoms. The van der Waals surface area contributed by atoms with E-state index in [4.69, 9.17) is 17.3 Å². The highest BCUT2D eigenvalue weighted by atomic mass is 35.5. The maximum Gasteiger partial charge on any atom is 0.341 e. The second-order valence-corrected chi connectivity index (χ2v) is 8.15. The van der Waals surface area contributed by atoms with Gasteiger partial charge in [-0.1, -0.05) is 17.2 Å². The highest BCUT2D eigenvalue weighted by Crippen LogP contribution is 2.38. The van der Waals surface area contributed by atoms with Crippen molar-refractivity contribution in [3.8, 4) is 0 Å². The summed E-state index contributed by atoms with van der Waals surface area (Å²) in [6, 6.07) is 3.03. The van der Waals surface area contributed by atoms with Crippen LogP contribution in [0.2, 0.25) is 0 Å². The molecule has 2 aliphatic rings. The highest BCUT2D eigenvalue weighted by Gasteiger charge is 2.28. The van der Waals surface area contributed by atoms with Gasteiger partial charge < -0.3 is 20.3 Å². The third-order valence-corrected chi connectivity index (χ3v) is 6.19. The fourth-order valence-electron chi connectivity index (χ4n) is 4.05. The minimum Gasteiger partial charge on any atom is -0.477 e. The Morgan fingerprint density at radius 1 is 1.28 bits per heavy atom. The number of benzene rings is 1. The Hall–Kier alpha value is -2.38. The Morgan fingerprint density at radius 3 is 2.69 bits per heavy atom. The van der Waals surface area contributed by atoms with Crippen LogP contribution in [0.3, 0.4) is 0 Å². The van der Waals surface area contributed by atoms with E-state index in [1.807, 2.05) is 9.47 Å². The van der Waals surface area contributed by atoms with E-state index in [9.17, 15) is 14.7 Å². The Labute approximate surface area is 172 Å². The molecule has 6 nitrogen and oxygen atoms in total. The second-order valence-electron chi connectivity index (χ2n) is 7.69. The highest BCUT2D eigenvalue weighted by molar-refractivity contribution is 6.30. The van der Waals surface area contributed by atoms with E-state index >= 15 is 4.39 Å². The summed E-state index contributed by atoms with van der Waals surface area (Å²) in [6.45, 7) is 1.58. The largest absolute Gasteiger partial charge is 0.477 e. The number of fused-ring (bicyclic) bond motifs is 1. The van der Waals surface area contributed by atoms with Crippen LogP contribution in [0.15, 0.2) is 33.7 Å². The first-order chi connectivity index (χ1) is 13.9. The average molecular weight is 420 g/mol. The molecule has 2 aromatic rings. The number of anilines is 1. The van der Waals surface area contributed by atoms with E-state index in [0.29, 0.717) is 42.3 Å². The van der Waals surface area contributed by atoms with Gasteiger partial charge >= 0.3 is 5.97 Å². The number of carbonyl (C=O) groups is 1. The molecule has 8 heteroatoms. The lowest BCUT2D eigenvalue weighted by atomic mass is 10.1. The minimum atomic E-state index is -1.29. The van der Waals surface area contributed by atoms with E-state index in [2.05, 4.69) is 0 Å². The number of halogens is 2. The normalized spacial score (nSPS) is 19.3. The molecule has 0 bridgehead atoms. The molecule has 2 heterocycles. The molecule has 0 amide bonds. The van der Waals surface area contributed by atoms with E-state index in [0.717, 1.165) is 31.3 Å². The SMILES string of the molecule is NC/C(Cl)=C1/CCCN(c2cc3c(cc2F)c(=O)c(C(=O)O)cn3C2CC2)CC1. The average Bonchev–Trinajstić information content (AvgIpc) is 3.54. The number of hydrogen-bond acceptors (Lipinski definition) is 4. The molecule has 0 atom stereocenters. The van der Waals surface area contributed by atoms with Crippen LogP contribution in [0, 0.1) is 5.82 Å². The first kappa shape index (κ1) is 19.9. The summed E-state index contributed by atoms with van der Waals surface area (Å²) in [5.74, 6) is -1.81. The van der Waals surface area contributed by atoms with Crippen LogP contribution in [0.1, 0.15) is 48.5 Å². The van der Waals surface area contributed by atoms with Crippen molar-refractivity contribution in [1.29, 1.82) is 0 Å². The molecule has 1 saturated heterocycles. The van der Waals surface area contributed by atoms with Crippen LogP contribution in [-0.2, 0) is 0 Å². The van der Waals surface area contributed by atoms with Crippen LogP contribution in [0.5, 0.6) is 0 Å². The Balaban J connectivity index is 1.80. The standard InChI is InChI=1S/C21H23ClFN3O3/c22-16(10-24)12-2-1-6-25(7-5-12)19-9-18-14(8-17(19)23)20(27)15(21(28)29)11-26(18)13-3-4-13/h8-9,11,13H,1-7,10,24H2,(H,28,29)/b16-12+. The quantitative estimate of drug-likeness (QED) is 0.790. The monoisotopic (exact) mass is 419 g/mol. The Bertz CT molecular complexity index is 1080. The predicted molar refractivity (Wildman–Crippen MR) is 111 cm³/mol. The summed E-state index contributed by atoms with van der Waals surface area (Å²) < 4.78 is 16.8. The zero-order valence-corrected chi connectivity index (χ0v) is 16.7. The maximum absolute atomic E-state index is 15.0. The van der Waals surface area contributed by atoms with Gasteiger partial charge in [-0.3, -0.25) is 4.79 Å². The summed E-state index contributed by atoms with van der Waals surface area (Å²) in [5, 5.41) is 10.1.